The number of hydrogen-bond acceptors (Lipinski definition) is 5. The lowest BCUT2D eigenvalue weighted by atomic mass is 10.3. The highest BCUT2D eigenvalue weighted by Gasteiger charge is 2.22. The normalized spacial score (nSPS) is 16.7. The second-order valence-corrected chi connectivity index (χ2v) is 5.61. The summed E-state index contributed by atoms with van der Waals surface area (Å²) in [6.07, 6.45) is 3.40. The van der Waals surface area contributed by atoms with Crippen LogP contribution in [-0.4, -0.2) is 49.7 Å². The molecule has 0 aliphatic carbocycles. The van der Waals surface area contributed by atoms with Crippen LogP contribution in [0.4, 0.5) is 5.82 Å². The molecule has 0 aromatic carbocycles. The molecule has 0 bridgehead atoms. The Labute approximate surface area is 123 Å². The Kier molecular flexibility index (Phi) is 3.48. The van der Waals surface area contributed by atoms with Crippen LogP contribution in [0.2, 0.25) is 0 Å². The minimum absolute atomic E-state index is 0.129. The SMILES string of the molecule is Cc1nc(N[C@H](C)CN2CCCC2=O)c2cnn(C)c2n1. The van der Waals surface area contributed by atoms with E-state index in [1.807, 2.05) is 18.9 Å². The van der Waals surface area contributed by atoms with E-state index in [-0.39, 0.29) is 11.9 Å². The summed E-state index contributed by atoms with van der Waals surface area (Å²) in [7, 11) is 1.87. The quantitative estimate of drug-likeness (QED) is 0.911. The summed E-state index contributed by atoms with van der Waals surface area (Å²) in [5.74, 6) is 1.73. The summed E-state index contributed by atoms with van der Waals surface area (Å²) in [6.45, 7) is 5.48. The lowest BCUT2D eigenvalue weighted by Crippen LogP contribution is -2.35. The topological polar surface area (TPSA) is 75.9 Å². The van der Waals surface area contributed by atoms with Crippen LogP contribution in [0.3, 0.4) is 0 Å². The molecule has 1 amide bonds. The third kappa shape index (κ3) is 2.68. The van der Waals surface area contributed by atoms with Gasteiger partial charge in [0.1, 0.15) is 11.6 Å². The lowest BCUT2D eigenvalue weighted by molar-refractivity contribution is -0.127. The maximum Gasteiger partial charge on any atom is 0.222 e. The Morgan fingerprint density at radius 1 is 1.43 bits per heavy atom. The van der Waals surface area contributed by atoms with Gasteiger partial charge in [0.15, 0.2) is 5.65 Å². The van der Waals surface area contributed by atoms with Gasteiger partial charge >= 0.3 is 0 Å². The van der Waals surface area contributed by atoms with Crippen molar-refractivity contribution in [1.29, 1.82) is 0 Å². The molecule has 1 saturated heterocycles. The lowest BCUT2D eigenvalue weighted by Gasteiger charge is -2.22. The number of likely N-dealkylation sites (tertiary alicyclic amines) is 1. The zero-order chi connectivity index (χ0) is 15.0. The molecule has 1 fully saturated rings. The number of fused-ring (bicyclic) bond motifs is 1. The van der Waals surface area contributed by atoms with E-state index >= 15 is 0 Å². The molecule has 1 aliphatic rings. The van der Waals surface area contributed by atoms with Crippen molar-refractivity contribution >= 4 is 22.8 Å². The van der Waals surface area contributed by atoms with E-state index in [1.165, 1.54) is 0 Å². The predicted molar refractivity (Wildman–Crippen MR) is 79.9 cm³/mol. The summed E-state index contributed by atoms with van der Waals surface area (Å²) in [6, 6.07) is 0.129. The van der Waals surface area contributed by atoms with Gasteiger partial charge in [0.2, 0.25) is 5.91 Å². The van der Waals surface area contributed by atoms with Crippen LogP contribution in [0.1, 0.15) is 25.6 Å². The Bertz CT molecular complexity index is 679. The van der Waals surface area contributed by atoms with Crippen molar-refractivity contribution in [2.24, 2.45) is 7.05 Å². The second kappa shape index (κ2) is 5.31. The van der Waals surface area contributed by atoms with Gasteiger partial charge in [-0.3, -0.25) is 9.48 Å². The first-order valence-corrected chi connectivity index (χ1v) is 7.25. The molecule has 0 saturated carbocycles. The zero-order valence-corrected chi connectivity index (χ0v) is 12.6. The summed E-state index contributed by atoms with van der Waals surface area (Å²) in [5.41, 5.74) is 0.814. The van der Waals surface area contributed by atoms with E-state index in [9.17, 15) is 4.79 Å². The Hall–Kier alpha value is -2.18. The van der Waals surface area contributed by atoms with Gasteiger partial charge in [-0.25, -0.2) is 9.97 Å². The molecule has 0 radical (unpaired) electrons. The minimum atomic E-state index is 0.129. The molecule has 112 valence electrons. The maximum atomic E-state index is 11.7. The highest BCUT2D eigenvalue weighted by Crippen LogP contribution is 2.20. The molecular weight excluding hydrogens is 268 g/mol. The number of aromatic nitrogens is 4. The second-order valence-electron chi connectivity index (χ2n) is 5.61. The van der Waals surface area contributed by atoms with Gasteiger partial charge in [0.25, 0.3) is 0 Å². The number of amides is 1. The molecule has 0 unspecified atom stereocenters. The van der Waals surface area contributed by atoms with Crippen molar-refractivity contribution in [3.05, 3.63) is 12.0 Å². The van der Waals surface area contributed by atoms with E-state index < -0.39 is 0 Å². The van der Waals surface area contributed by atoms with Crippen LogP contribution in [0.15, 0.2) is 6.20 Å². The van der Waals surface area contributed by atoms with E-state index in [2.05, 4.69) is 27.3 Å². The van der Waals surface area contributed by atoms with Gasteiger partial charge in [-0.15, -0.1) is 0 Å². The highest BCUT2D eigenvalue weighted by molar-refractivity contribution is 5.86. The number of carbonyl (C=O) groups excluding carboxylic acids is 1. The monoisotopic (exact) mass is 288 g/mol. The van der Waals surface area contributed by atoms with Crippen molar-refractivity contribution in [3.8, 4) is 0 Å². The summed E-state index contributed by atoms with van der Waals surface area (Å²) >= 11 is 0. The van der Waals surface area contributed by atoms with Crippen LogP contribution in [0.5, 0.6) is 0 Å². The van der Waals surface area contributed by atoms with E-state index in [0.717, 1.165) is 29.8 Å². The average molecular weight is 288 g/mol. The number of rotatable bonds is 4. The number of hydrogen-bond donors (Lipinski definition) is 1. The van der Waals surface area contributed by atoms with Crippen LogP contribution < -0.4 is 5.32 Å². The average Bonchev–Trinajstić information content (AvgIpc) is 2.98. The van der Waals surface area contributed by atoms with Gasteiger partial charge in [-0.1, -0.05) is 0 Å². The van der Waals surface area contributed by atoms with Gasteiger partial charge < -0.3 is 10.2 Å². The van der Waals surface area contributed by atoms with Crippen LogP contribution in [0, 0.1) is 6.92 Å². The number of anilines is 1. The van der Waals surface area contributed by atoms with Crippen molar-refractivity contribution < 1.29 is 4.79 Å². The number of nitrogens with zero attached hydrogens (tertiary/aromatic N) is 5. The first-order valence-electron chi connectivity index (χ1n) is 7.25. The third-order valence-corrected chi connectivity index (χ3v) is 3.75. The summed E-state index contributed by atoms with van der Waals surface area (Å²) < 4.78 is 1.74. The number of nitrogens with one attached hydrogen (secondary N) is 1. The predicted octanol–water partition coefficient (Wildman–Crippen LogP) is 1.09. The van der Waals surface area contributed by atoms with Crippen LogP contribution in [-0.2, 0) is 11.8 Å². The first-order chi connectivity index (χ1) is 10.0. The molecule has 1 N–H and O–H groups in total. The Balaban J connectivity index is 1.79. The largest absolute Gasteiger partial charge is 0.365 e. The molecular formula is C14H20N6O. The molecule has 2 aromatic rings. The molecule has 3 heterocycles. The van der Waals surface area contributed by atoms with Gasteiger partial charge in [-0.05, 0) is 20.3 Å². The van der Waals surface area contributed by atoms with Gasteiger partial charge in [0, 0.05) is 32.6 Å². The van der Waals surface area contributed by atoms with Crippen molar-refractivity contribution in [3.63, 3.8) is 0 Å². The molecule has 7 heteroatoms. The fourth-order valence-electron chi connectivity index (χ4n) is 2.75. The summed E-state index contributed by atoms with van der Waals surface area (Å²) in [5, 5.41) is 8.52. The van der Waals surface area contributed by atoms with Crippen LogP contribution in [0.25, 0.3) is 11.0 Å². The fraction of sp³-hybridized carbons (Fsp3) is 0.571. The third-order valence-electron chi connectivity index (χ3n) is 3.75. The van der Waals surface area contributed by atoms with E-state index in [0.29, 0.717) is 18.8 Å². The molecule has 3 rings (SSSR count). The molecule has 1 aliphatic heterocycles. The molecule has 21 heavy (non-hydrogen) atoms. The molecule has 2 aromatic heterocycles. The fourth-order valence-corrected chi connectivity index (χ4v) is 2.75. The smallest absolute Gasteiger partial charge is 0.222 e. The van der Waals surface area contributed by atoms with Crippen LogP contribution >= 0.6 is 0 Å². The van der Waals surface area contributed by atoms with Crippen molar-refractivity contribution in [2.75, 3.05) is 18.4 Å². The number of aryl methyl sites for hydroxylation is 2. The summed E-state index contributed by atoms with van der Waals surface area (Å²) in [4.78, 5) is 22.5. The Morgan fingerprint density at radius 3 is 2.95 bits per heavy atom. The van der Waals surface area contributed by atoms with Crippen molar-refractivity contribution in [1.82, 2.24) is 24.6 Å². The molecule has 1 atom stereocenters. The highest BCUT2D eigenvalue weighted by atomic mass is 16.2. The maximum absolute atomic E-state index is 11.7. The van der Waals surface area contributed by atoms with Gasteiger partial charge in [0.05, 0.1) is 11.6 Å². The van der Waals surface area contributed by atoms with E-state index in [1.54, 1.807) is 10.9 Å². The molecule has 7 nitrogen and oxygen atoms in total. The standard InChI is InChI=1S/C14H20N6O/c1-9(8-20-6-4-5-12(20)21)16-13-11-7-15-19(3)14(11)18-10(2)17-13/h7,9H,4-6,8H2,1-3H3,(H,16,17,18)/t9-/m1/s1. The molecule has 0 spiro atoms. The van der Waals surface area contributed by atoms with Crippen molar-refractivity contribution in [2.45, 2.75) is 32.7 Å². The minimum Gasteiger partial charge on any atom is -0.365 e. The first kappa shape index (κ1) is 13.8. The van der Waals surface area contributed by atoms with E-state index in [4.69, 9.17) is 0 Å². The van der Waals surface area contributed by atoms with Gasteiger partial charge in [-0.2, -0.15) is 5.10 Å². The Morgan fingerprint density at radius 2 is 2.24 bits per heavy atom. The number of carbonyl (C=O) groups is 1. The zero-order valence-electron chi connectivity index (χ0n) is 12.6.